The largest absolute Gasteiger partial charge is 0.352 e. The van der Waals surface area contributed by atoms with E-state index in [4.69, 9.17) is 0 Å². The van der Waals surface area contributed by atoms with Crippen LogP contribution in [-0.4, -0.2) is 49.7 Å². The van der Waals surface area contributed by atoms with E-state index < -0.39 is 10.0 Å². The summed E-state index contributed by atoms with van der Waals surface area (Å²) in [4.78, 5) is 15.1. The van der Waals surface area contributed by atoms with Gasteiger partial charge in [0.05, 0.1) is 0 Å². The molecule has 2 fully saturated rings. The van der Waals surface area contributed by atoms with Crippen molar-refractivity contribution in [1.29, 1.82) is 0 Å². The Labute approximate surface area is 197 Å². The van der Waals surface area contributed by atoms with E-state index in [1.807, 2.05) is 30.3 Å². The molecule has 33 heavy (non-hydrogen) atoms. The Morgan fingerprint density at radius 2 is 1.55 bits per heavy atom. The van der Waals surface area contributed by atoms with Crippen molar-refractivity contribution < 1.29 is 13.2 Å². The normalized spacial score (nSPS) is 18.7. The molecule has 6 nitrogen and oxygen atoms in total. The standard InChI is InChI=1S/C26H33N3O3S/c30-26(27-20-23-8-10-24(11-9-23)21-28-15-4-5-16-28)25-12-17-29(18-13-25)33(31,32)19-14-22-6-2-1-3-7-22/h1-3,6-11,14,19,25H,4-5,12-13,15-18,20-21H2,(H,27,30)/b19-14+. The summed E-state index contributed by atoms with van der Waals surface area (Å²) in [5, 5.41) is 4.29. The number of piperidine rings is 1. The van der Waals surface area contributed by atoms with E-state index in [2.05, 4.69) is 34.5 Å². The van der Waals surface area contributed by atoms with Crippen LogP contribution < -0.4 is 5.32 Å². The molecule has 0 radical (unpaired) electrons. The highest BCUT2D eigenvalue weighted by molar-refractivity contribution is 7.92. The third-order valence-electron chi connectivity index (χ3n) is 6.51. The van der Waals surface area contributed by atoms with Crippen molar-refractivity contribution in [2.24, 2.45) is 5.92 Å². The Morgan fingerprint density at radius 3 is 2.21 bits per heavy atom. The first kappa shape index (κ1) is 23.7. The molecule has 7 heteroatoms. The third-order valence-corrected chi connectivity index (χ3v) is 8.08. The van der Waals surface area contributed by atoms with Gasteiger partial charge in [-0.25, -0.2) is 8.42 Å². The summed E-state index contributed by atoms with van der Waals surface area (Å²) in [6.45, 7) is 4.59. The SMILES string of the molecule is O=C(NCc1ccc(CN2CCCC2)cc1)C1CCN(S(=O)(=O)/C=C/c2ccccc2)CC1. The first-order chi connectivity index (χ1) is 16.0. The van der Waals surface area contributed by atoms with Crippen molar-refractivity contribution in [3.63, 3.8) is 0 Å². The van der Waals surface area contributed by atoms with Gasteiger partial charge >= 0.3 is 0 Å². The fraction of sp³-hybridized carbons (Fsp3) is 0.423. The van der Waals surface area contributed by atoms with Gasteiger partial charge in [0.25, 0.3) is 0 Å². The molecule has 2 aromatic rings. The van der Waals surface area contributed by atoms with Gasteiger partial charge in [0.1, 0.15) is 0 Å². The van der Waals surface area contributed by atoms with E-state index in [9.17, 15) is 13.2 Å². The zero-order valence-corrected chi connectivity index (χ0v) is 19.8. The molecular weight excluding hydrogens is 434 g/mol. The lowest BCUT2D eigenvalue weighted by atomic mass is 9.97. The molecule has 2 saturated heterocycles. The number of rotatable bonds is 8. The average Bonchev–Trinajstić information content (AvgIpc) is 3.36. The van der Waals surface area contributed by atoms with E-state index in [1.54, 1.807) is 6.08 Å². The van der Waals surface area contributed by atoms with Crippen molar-refractivity contribution in [3.8, 4) is 0 Å². The Hall–Kier alpha value is -2.48. The molecule has 0 unspecified atom stereocenters. The monoisotopic (exact) mass is 467 g/mol. The molecule has 1 N–H and O–H groups in total. The Bertz CT molecular complexity index is 1040. The molecule has 2 aliphatic rings. The van der Waals surface area contributed by atoms with Gasteiger partial charge in [-0.1, -0.05) is 54.6 Å². The zero-order valence-electron chi connectivity index (χ0n) is 19.0. The number of amides is 1. The number of nitrogens with one attached hydrogen (secondary N) is 1. The number of nitrogens with zero attached hydrogens (tertiary/aromatic N) is 2. The van der Waals surface area contributed by atoms with Gasteiger partial charge < -0.3 is 5.32 Å². The number of likely N-dealkylation sites (tertiary alicyclic amines) is 1. The molecule has 2 aliphatic heterocycles. The lowest BCUT2D eigenvalue weighted by Gasteiger charge is -2.29. The van der Waals surface area contributed by atoms with E-state index >= 15 is 0 Å². The molecule has 4 rings (SSSR count). The van der Waals surface area contributed by atoms with E-state index in [0.717, 1.165) is 17.7 Å². The Kier molecular flexibility index (Phi) is 7.96. The molecule has 0 atom stereocenters. The maximum Gasteiger partial charge on any atom is 0.236 e. The number of hydrogen-bond acceptors (Lipinski definition) is 4. The molecule has 2 aromatic carbocycles. The maximum atomic E-state index is 12.6. The Balaban J connectivity index is 1.21. The number of carbonyl (C=O) groups is 1. The van der Waals surface area contributed by atoms with Crippen molar-refractivity contribution in [3.05, 3.63) is 76.7 Å². The summed E-state index contributed by atoms with van der Waals surface area (Å²) in [5.41, 5.74) is 3.24. The number of sulfonamides is 1. The van der Waals surface area contributed by atoms with Crippen molar-refractivity contribution in [1.82, 2.24) is 14.5 Å². The van der Waals surface area contributed by atoms with Gasteiger partial charge in [-0.2, -0.15) is 4.31 Å². The van der Waals surface area contributed by atoms with Gasteiger partial charge in [-0.05, 0) is 61.5 Å². The summed E-state index contributed by atoms with van der Waals surface area (Å²) in [6.07, 6.45) is 5.28. The summed E-state index contributed by atoms with van der Waals surface area (Å²) < 4.78 is 26.7. The van der Waals surface area contributed by atoms with Crippen LogP contribution in [0.25, 0.3) is 6.08 Å². The van der Waals surface area contributed by atoms with Gasteiger partial charge in [-0.15, -0.1) is 0 Å². The van der Waals surface area contributed by atoms with Crippen LogP contribution >= 0.6 is 0 Å². The highest BCUT2D eigenvalue weighted by Crippen LogP contribution is 2.21. The van der Waals surface area contributed by atoms with Crippen molar-refractivity contribution >= 4 is 22.0 Å². The third kappa shape index (κ3) is 6.76. The van der Waals surface area contributed by atoms with Crippen LogP contribution in [0.5, 0.6) is 0 Å². The molecule has 0 aromatic heterocycles. The van der Waals surface area contributed by atoms with Gasteiger partial charge in [0, 0.05) is 37.5 Å². The smallest absolute Gasteiger partial charge is 0.236 e. The lowest BCUT2D eigenvalue weighted by molar-refractivity contribution is -0.126. The van der Waals surface area contributed by atoms with Crippen LogP contribution in [-0.2, 0) is 27.9 Å². The first-order valence-corrected chi connectivity index (χ1v) is 13.3. The predicted octanol–water partition coefficient (Wildman–Crippen LogP) is 3.61. The van der Waals surface area contributed by atoms with E-state index in [1.165, 1.54) is 41.2 Å². The van der Waals surface area contributed by atoms with E-state index in [0.29, 0.717) is 32.5 Å². The van der Waals surface area contributed by atoms with Gasteiger partial charge in [-0.3, -0.25) is 9.69 Å². The van der Waals surface area contributed by atoms with Crippen LogP contribution in [0, 0.1) is 5.92 Å². The minimum atomic E-state index is -3.48. The van der Waals surface area contributed by atoms with Crippen LogP contribution in [0.1, 0.15) is 42.4 Å². The fourth-order valence-electron chi connectivity index (χ4n) is 4.48. The predicted molar refractivity (Wildman–Crippen MR) is 131 cm³/mol. The quantitative estimate of drug-likeness (QED) is 0.644. The molecule has 0 saturated carbocycles. The van der Waals surface area contributed by atoms with Crippen LogP contribution in [0.15, 0.2) is 60.0 Å². The second-order valence-corrected chi connectivity index (χ2v) is 10.8. The lowest BCUT2D eigenvalue weighted by Crippen LogP contribution is -2.42. The fourth-order valence-corrected chi connectivity index (χ4v) is 5.70. The molecule has 0 spiro atoms. The second kappa shape index (κ2) is 11.1. The van der Waals surface area contributed by atoms with Crippen molar-refractivity contribution in [2.45, 2.75) is 38.8 Å². The minimum absolute atomic E-state index is 0.00742. The van der Waals surface area contributed by atoms with Crippen LogP contribution in [0.4, 0.5) is 0 Å². The molecular formula is C26H33N3O3S. The zero-order chi connectivity index (χ0) is 23.1. The highest BCUT2D eigenvalue weighted by atomic mass is 32.2. The Morgan fingerprint density at radius 1 is 0.909 bits per heavy atom. The number of hydrogen-bond donors (Lipinski definition) is 1. The van der Waals surface area contributed by atoms with Crippen LogP contribution in [0.2, 0.25) is 0 Å². The topological polar surface area (TPSA) is 69.7 Å². The van der Waals surface area contributed by atoms with Crippen molar-refractivity contribution in [2.75, 3.05) is 26.2 Å². The summed E-state index contributed by atoms with van der Waals surface area (Å²) >= 11 is 0. The maximum absolute atomic E-state index is 12.6. The van der Waals surface area contributed by atoms with Crippen LogP contribution in [0.3, 0.4) is 0 Å². The van der Waals surface area contributed by atoms with Gasteiger partial charge in [0.2, 0.25) is 15.9 Å². The molecule has 1 amide bonds. The number of benzene rings is 2. The summed E-state index contributed by atoms with van der Waals surface area (Å²) in [6, 6.07) is 17.8. The molecule has 2 heterocycles. The second-order valence-electron chi connectivity index (χ2n) is 8.95. The highest BCUT2D eigenvalue weighted by Gasteiger charge is 2.29. The summed E-state index contributed by atoms with van der Waals surface area (Å²) in [5.74, 6) is -0.142. The average molecular weight is 468 g/mol. The summed E-state index contributed by atoms with van der Waals surface area (Å²) in [7, 11) is -3.48. The molecule has 0 aliphatic carbocycles. The van der Waals surface area contributed by atoms with Gasteiger partial charge in [0.15, 0.2) is 0 Å². The first-order valence-electron chi connectivity index (χ1n) is 11.8. The molecule has 176 valence electrons. The minimum Gasteiger partial charge on any atom is -0.352 e. The number of carbonyl (C=O) groups excluding carboxylic acids is 1. The molecule has 0 bridgehead atoms. The van der Waals surface area contributed by atoms with E-state index in [-0.39, 0.29) is 11.8 Å².